The summed E-state index contributed by atoms with van der Waals surface area (Å²) in [4.78, 5) is 16.7. The molecule has 4 N–H and O–H groups in total. The molecule has 1 fully saturated rings. The summed E-state index contributed by atoms with van der Waals surface area (Å²) in [6.45, 7) is 0. The number of amidine groups is 1. The van der Waals surface area contributed by atoms with Crippen molar-refractivity contribution >= 4 is 28.3 Å². The van der Waals surface area contributed by atoms with Crippen LogP contribution in [0.3, 0.4) is 0 Å². The minimum atomic E-state index is -0.876. The van der Waals surface area contributed by atoms with Crippen molar-refractivity contribution in [3.05, 3.63) is 36.5 Å². The van der Waals surface area contributed by atoms with Gasteiger partial charge in [-0.2, -0.15) is 0 Å². The first-order chi connectivity index (χ1) is 10.2. The number of nitrogens with one attached hydrogen (secondary N) is 1. The number of oxime groups is 1. The standard InChI is InChI=1S/C15H16N4O2/c16-13(19-21)15(6-2-7-15)14(20)18-11-4-5-12-10(9-11)3-1-8-17-12/h1,3-5,8-9,21H,2,6-7H2,(H2,16,19)(H,18,20). The van der Waals surface area contributed by atoms with E-state index in [9.17, 15) is 4.79 Å². The van der Waals surface area contributed by atoms with Crippen molar-refractivity contribution < 1.29 is 10.0 Å². The number of benzene rings is 1. The summed E-state index contributed by atoms with van der Waals surface area (Å²) < 4.78 is 0. The smallest absolute Gasteiger partial charge is 0.238 e. The van der Waals surface area contributed by atoms with Gasteiger partial charge in [-0.05, 0) is 37.1 Å². The van der Waals surface area contributed by atoms with Crippen molar-refractivity contribution in [3.8, 4) is 0 Å². The molecule has 0 unspecified atom stereocenters. The number of aromatic nitrogens is 1. The van der Waals surface area contributed by atoms with Gasteiger partial charge in [-0.25, -0.2) is 0 Å². The zero-order valence-corrected chi connectivity index (χ0v) is 11.4. The van der Waals surface area contributed by atoms with Crippen LogP contribution in [0.2, 0.25) is 0 Å². The summed E-state index contributed by atoms with van der Waals surface area (Å²) >= 11 is 0. The maximum atomic E-state index is 12.5. The van der Waals surface area contributed by atoms with Gasteiger partial charge in [0.25, 0.3) is 0 Å². The Morgan fingerprint density at radius 2 is 2.19 bits per heavy atom. The van der Waals surface area contributed by atoms with Gasteiger partial charge in [0, 0.05) is 17.3 Å². The van der Waals surface area contributed by atoms with Gasteiger partial charge in [0.2, 0.25) is 5.91 Å². The first kappa shape index (κ1) is 13.4. The van der Waals surface area contributed by atoms with Gasteiger partial charge in [0.15, 0.2) is 5.84 Å². The molecule has 1 aromatic carbocycles. The van der Waals surface area contributed by atoms with E-state index in [1.54, 1.807) is 12.3 Å². The highest BCUT2D eigenvalue weighted by molar-refractivity contribution is 6.12. The molecule has 0 aliphatic heterocycles. The Labute approximate surface area is 121 Å². The summed E-state index contributed by atoms with van der Waals surface area (Å²) in [6.07, 6.45) is 3.82. The van der Waals surface area contributed by atoms with Crippen molar-refractivity contribution in [1.82, 2.24) is 4.98 Å². The van der Waals surface area contributed by atoms with Gasteiger partial charge >= 0.3 is 0 Å². The summed E-state index contributed by atoms with van der Waals surface area (Å²) in [5.41, 5.74) is 6.36. The zero-order chi connectivity index (χ0) is 14.9. The van der Waals surface area contributed by atoms with Gasteiger partial charge in [0.1, 0.15) is 5.41 Å². The zero-order valence-electron chi connectivity index (χ0n) is 11.4. The van der Waals surface area contributed by atoms with E-state index < -0.39 is 5.41 Å². The van der Waals surface area contributed by atoms with Crippen molar-refractivity contribution in [2.24, 2.45) is 16.3 Å². The molecule has 3 rings (SSSR count). The number of nitrogens with zero attached hydrogens (tertiary/aromatic N) is 2. The maximum absolute atomic E-state index is 12.5. The Kier molecular flexibility index (Phi) is 3.21. The lowest BCUT2D eigenvalue weighted by Gasteiger charge is -2.38. The van der Waals surface area contributed by atoms with Crippen LogP contribution in [0.15, 0.2) is 41.7 Å². The molecular formula is C15H16N4O2. The Morgan fingerprint density at radius 1 is 1.38 bits per heavy atom. The van der Waals surface area contributed by atoms with Crippen LogP contribution in [-0.4, -0.2) is 21.9 Å². The molecule has 1 amide bonds. The van der Waals surface area contributed by atoms with Crippen LogP contribution in [0.25, 0.3) is 10.9 Å². The SMILES string of the molecule is N/C(=N/O)C1(C(=O)Nc2ccc3ncccc3c2)CCC1. The molecule has 1 heterocycles. The van der Waals surface area contributed by atoms with Crippen molar-refractivity contribution in [3.63, 3.8) is 0 Å². The molecule has 1 aliphatic carbocycles. The number of hydrogen-bond donors (Lipinski definition) is 3. The average molecular weight is 284 g/mol. The summed E-state index contributed by atoms with van der Waals surface area (Å²) in [6, 6.07) is 9.28. The molecule has 0 bridgehead atoms. The fourth-order valence-corrected chi connectivity index (χ4v) is 2.63. The predicted molar refractivity (Wildman–Crippen MR) is 80.1 cm³/mol. The van der Waals surface area contributed by atoms with Gasteiger partial charge in [-0.1, -0.05) is 17.6 Å². The van der Waals surface area contributed by atoms with E-state index in [1.165, 1.54) is 0 Å². The van der Waals surface area contributed by atoms with Crippen LogP contribution in [0.5, 0.6) is 0 Å². The van der Waals surface area contributed by atoms with Gasteiger partial charge in [-0.3, -0.25) is 9.78 Å². The maximum Gasteiger partial charge on any atom is 0.238 e. The molecule has 6 nitrogen and oxygen atoms in total. The number of rotatable bonds is 3. The van der Waals surface area contributed by atoms with E-state index in [4.69, 9.17) is 10.9 Å². The lowest BCUT2D eigenvalue weighted by atomic mass is 9.67. The molecule has 1 aromatic heterocycles. The van der Waals surface area contributed by atoms with Crippen molar-refractivity contribution in [2.45, 2.75) is 19.3 Å². The monoisotopic (exact) mass is 284 g/mol. The topological polar surface area (TPSA) is 101 Å². The molecule has 6 heteroatoms. The molecule has 1 aliphatic rings. The molecule has 0 radical (unpaired) electrons. The summed E-state index contributed by atoms with van der Waals surface area (Å²) in [5, 5.41) is 15.7. The van der Waals surface area contributed by atoms with Crippen LogP contribution >= 0.6 is 0 Å². The van der Waals surface area contributed by atoms with E-state index in [2.05, 4.69) is 15.5 Å². The largest absolute Gasteiger partial charge is 0.409 e. The average Bonchev–Trinajstić information content (AvgIpc) is 2.45. The Hall–Kier alpha value is -2.63. The molecule has 21 heavy (non-hydrogen) atoms. The Morgan fingerprint density at radius 3 is 2.86 bits per heavy atom. The number of anilines is 1. The van der Waals surface area contributed by atoms with E-state index >= 15 is 0 Å². The van der Waals surface area contributed by atoms with Crippen LogP contribution in [0.4, 0.5) is 5.69 Å². The summed E-state index contributed by atoms with van der Waals surface area (Å²) in [5.74, 6) is -0.249. The fourth-order valence-electron chi connectivity index (χ4n) is 2.63. The lowest BCUT2D eigenvalue weighted by Crippen LogP contribution is -2.51. The predicted octanol–water partition coefficient (Wildman–Crippen LogP) is 2.09. The number of carbonyl (C=O) groups is 1. The third-order valence-electron chi connectivity index (χ3n) is 4.10. The first-order valence-electron chi connectivity index (χ1n) is 6.80. The van der Waals surface area contributed by atoms with Crippen molar-refractivity contribution in [1.29, 1.82) is 0 Å². The molecule has 108 valence electrons. The summed E-state index contributed by atoms with van der Waals surface area (Å²) in [7, 11) is 0. The van der Waals surface area contributed by atoms with Crippen molar-refractivity contribution in [2.75, 3.05) is 5.32 Å². The minimum absolute atomic E-state index is 0.0197. The molecule has 1 saturated carbocycles. The minimum Gasteiger partial charge on any atom is -0.409 e. The quantitative estimate of drug-likeness (QED) is 0.347. The highest BCUT2D eigenvalue weighted by Crippen LogP contribution is 2.42. The second-order valence-corrected chi connectivity index (χ2v) is 5.29. The first-order valence-corrected chi connectivity index (χ1v) is 6.80. The van der Waals surface area contributed by atoms with Crippen LogP contribution < -0.4 is 11.1 Å². The van der Waals surface area contributed by atoms with Gasteiger partial charge < -0.3 is 16.3 Å². The second kappa shape index (κ2) is 5.05. The Bertz CT molecular complexity index is 722. The molecule has 0 atom stereocenters. The van der Waals surface area contributed by atoms with Crippen LogP contribution in [0, 0.1) is 5.41 Å². The molecule has 0 spiro atoms. The van der Waals surface area contributed by atoms with E-state index in [1.807, 2.05) is 24.3 Å². The third kappa shape index (κ3) is 2.18. The Balaban J connectivity index is 1.86. The number of hydrogen-bond acceptors (Lipinski definition) is 4. The fraction of sp³-hybridized carbons (Fsp3) is 0.267. The highest BCUT2D eigenvalue weighted by Gasteiger charge is 2.48. The number of carbonyl (C=O) groups excluding carboxylic acids is 1. The molecule has 2 aromatic rings. The second-order valence-electron chi connectivity index (χ2n) is 5.29. The molecular weight excluding hydrogens is 268 g/mol. The number of amides is 1. The highest BCUT2D eigenvalue weighted by atomic mass is 16.4. The number of fused-ring (bicyclic) bond motifs is 1. The van der Waals surface area contributed by atoms with E-state index in [-0.39, 0.29) is 11.7 Å². The molecule has 0 saturated heterocycles. The normalized spacial score (nSPS) is 17.2. The van der Waals surface area contributed by atoms with E-state index in [0.29, 0.717) is 18.5 Å². The number of nitrogens with two attached hydrogens (primary N) is 1. The van der Waals surface area contributed by atoms with Gasteiger partial charge in [0.05, 0.1) is 5.52 Å². The lowest BCUT2D eigenvalue weighted by molar-refractivity contribution is -0.125. The third-order valence-corrected chi connectivity index (χ3v) is 4.10. The van der Waals surface area contributed by atoms with Gasteiger partial charge in [-0.15, -0.1) is 0 Å². The number of pyridine rings is 1. The van der Waals surface area contributed by atoms with Crippen LogP contribution in [0.1, 0.15) is 19.3 Å². The van der Waals surface area contributed by atoms with Crippen LogP contribution in [-0.2, 0) is 4.79 Å². The van der Waals surface area contributed by atoms with E-state index in [0.717, 1.165) is 17.3 Å².